The second-order valence-electron chi connectivity index (χ2n) is 12.1. The summed E-state index contributed by atoms with van der Waals surface area (Å²) in [5, 5.41) is 10.2. The van der Waals surface area contributed by atoms with E-state index in [-0.39, 0.29) is 24.0 Å². The fourth-order valence-corrected chi connectivity index (χ4v) is 6.05. The van der Waals surface area contributed by atoms with Crippen LogP contribution < -0.4 is 10.6 Å². The average molecular weight is 521 g/mol. The summed E-state index contributed by atoms with van der Waals surface area (Å²) in [6.07, 6.45) is 9.95. The van der Waals surface area contributed by atoms with Crippen LogP contribution in [0.4, 0.5) is 11.5 Å². The van der Waals surface area contributed by atoms with Gasteiger partial charge in [0, 0.05) is 17.6 Å². The first kappa shape index (κ1) is 25.2. The molecule has 1 aliphatic heterocycles. The van der Waals surface area contributed by atoms with Gasteiger partial charge < -0.3 is 24.9 Å². The highest BCUT2D eigenvalue weighted by molar-refractivity contribution is 5.94. The van der Waals surface area contributed by atoms with E-state index in [4.69, 9.17) is 15.2 Å². The number of ether oxygens (including phenoxy) is 2. The molecule has 10 nitrogen and oxygen atoms in total. The van der Waals surface area contributed by atoms with E-state index in [9.17, 15) is 9.90 Å². The van der Waals surface area contributed by atoms with Gasteiger partial charge in [0.25, 0.3) is 5.91 Å². The van der Waals surface area contributed by atoms with Crippen LogP contribution in [-0.4, -0.2) is 61.5 Å². The molecule has 3 fully saturated rings. The van der Waals surface area contributed by atoms with E-state index in [1.54, 1.807) is 24.9 Å². The minimum Gasteiger partial charge on any atom is -0.399 e. The largest absolute Gasteiger partial charge is 0.399 e. The highest BCUT2D eigenvalue weighted by Crippen LogP contribution is 2.49. The Kier molecular flexibility index (Phi) is 5.97. The number of fused-ring (bicyclic) bond motifs is 1. The van der Waals surface area contributed by atoms with Crippen LogP contribution >= 0.6 is 0 Å². The van der Waals surface area contributed by atoms with E-state index in [2.05, 4.69) is 26.4 Å². The normalized spacial score (nSPS) is 28.4. The Hall–Kier alpha value is -3.08. The van der Waals surface area contributed by atoms with Gasteiger partial charge in [-0.3, -0.25) is 14.7 Å². The third-order valence-corrected chi connectivity index (χ3v) is 8.21. The Balaban J connectivity index is 1.29. The molecule has 202 valence electrons. The lowest BCUT2D eigenvalue weighted by Gasteiger charge is -2.53. The molecule has 3 N–H and O–H groups in total. The second-order valence-corrected chi connectivity index (χ2v) is 12.1. The Morgan fingerprint density at radius 1 is 1.21 bits per heavy atom. The van der Waals surface area contributed by atoms with Gasteiger partial charge in [-0.1, -0.05) is 6.92 Å². The second kappa shape index (κ2) is 9.00. The van der Waals surface area contributed by atoms with Crippen molar-refractivity contribution in [1.29, 1.82) is 0 Å². The first-order valence-corrected chi connectivity index (χ1v) is 13.4. The molecule has 38 heavy (non-hydrogen) atoms. The Labute approximate surface area is 222 Å². The van der Waals surface area contributed by atoms with Crippen molar-refractivity contribution < 1.29 is 19.4 Å². The van der Waals surface area contributed by atoms with E-state index >= 15 is 0 Å². The number of hydrogen-bond acceptors (Lipinski definition) is 8. The fraction of sp³-hybridized carbons (Fsp3) is 0.571. The molecule has 1 saturated heterocycles. The minimum absolute atomic E-state index is 0.0102. The summed E-state index contributed by atoms with van der Waals surface area (Å²) < 4.78 is 15.1. The monoisotopic (exact) mass is 520 g/mol. The third kappa shape index (κ3) is 4.76. The molecule has 0 bridgehead atoms. The lowest BCUT2D eigenvalue weighted by molar-refractivity contribution is -0.173. The van der Waals surface area contributed by atoms with Crippen molar-refractivity contribution in [2.24, 2.45) is 5.41 Å². The number of nitrogen functional groups attached to an aromatic ring is 1. The van der Waals surface area contributed by atoms with E-state index in [1.165, 1.54) is 6.20 Å². The highest BCUT2D eigenvalue weighted by Gasteiger charge is 2.53. The van der Waals surface area contributed by atoms with Gasteiger partial charge in [0.05, 0.1) is 59.8 Å². The summed E-state index contributed by atoms with van der Waals surface area (Å²) in [4.78, 5) is 28.1. The van der Waals surface area contributed by atoms with Crippen LogP contribution in [0.15, 0.2) is 36.9 Å². The number of nitrogens with two attached hydrogens (primary N) is 1. The maximum atomic E-state index is 13.0. The van der Waals surface area contributed by atoms with Gasteiger partial charge in [0.2, 0.25) is 0 Å². The van der Waals surface area contributed by atoms with Crippen molar-refractivity contribution >= 4 is 28.4 Å². The first-order valence-electron chi connectivity index (χ1n) is 13.4. The smallest absolute Gasteiger partial charge is 0.254 e. The summed E-state index contributed by atoms with van der Waals surface area (Å²) in [7, 11) is 0. The summed E-state index contributed by atoms with van der Waals surface area (Å²) in [5.74, 6) is 0.329. The number of anilines is 2. The number of benzene rings is 1. The van der Waals surface area contributed by atoms with Gasteiger partial charge in [-0.15, -0.1) is 0 Å². The van der Waals surface area contributed by atoms with Crippen molar-refractivity contribution in [3.8, 4) is 0 Å². The topological polar surface area (TPSA) is 129 Å². The summed E-state index contributed by atoms with van der Waals surface area (Å²) in [5.41, 5.74) is 7.27. The van der Waals surface area contributed by atoms with E-state index < -0.39 is 11.2 Å². The number of imidazole rings is 1. The van der Waals surface area contributed by atoms with Crippen molar-refractivity contribution in [3.05, 3.63) is 42.6 Å². The zero-order chi connectivity index (χ0) is 26.7. The van der Waals surface area contributed by atoms with Crippen molar-refractivity contribution in [3.63, 3.8) is 0 Å². The molecule has 2 saturated carbocycles. The van der Waals surface area contributed by atoms with Crippen LogP contribution in [0.1, 0.15) is 58.6 Å². The number of carbonyl (C=O) groups excluding carboxylic acids is 1. The molecule has 2 aromatic heterocycles. The molecule has 3 aromatic rings. The number of rotatable bonds is 6. The standard InChI is InChI=1S/C28H36N6O4/c1-26(2,36)22-11-31-24(12-30-22)34-16-28(37-13-25(34)35)9-8-23(38-19-5-6-19)27(3,14-28)15-33-17-32-20-7-4-18(29)10-21(20)33/h4,7,10-12,17,19,23,36H,5-6,8-9,13-16,29H2,1-3H3/t23?,27-,28-/m0/s1. The molecule has 6 rings (SSSR count). The molecule has 1 unspecified atom stereocenters. The zero-order valence-corrected chi connectivity index (χ0v) is 22.3. The van der Waals surface area contributed by atoms with Gasteiger partial charge in [-0.25, -0.2) is 9.97 Å². The van der Waals surface area contributed by atoms with Gasteiger partial charge >= 0.3 is 0 Å². The van der Waals surface area contributed by atoms with Gasteiger partial charge in [-0.05, 0) is 64.2 Å². The molecule has 2 aliphatic carbocycles. The SMILES string of the molecule is CC(C)(O)c1cnc(N2C[C@@]3(CCC(OC4CC4)[C@](C)(Cn4cnc5ccc(N)cc54)C3)OCC2=O)cn1. The molecule has 1 spiro atoms. The first-order chi connectivity index (χ1) is 18.0. The van der Waals surface area contributed by atoms with Crippen LogP contribution in [0.2, 0.25) is 0 Å². The Morgan fingerprint density at radius 2 is 2.03 bits per heavy atom. The maximum absolute atomic E-state index is 13.0. The van der Waals surface area contributed by atoms with Gasteiger partial charge in [0.1, 0.15) is 12.2 Å². The molecule has 3 heterocycles. The lowest BCUT2D eigenvalue weighted by atomic mass is 9.65. The number of hydrogen-bond donors (Lipinski definition) is 2. The molecular weight excluding hydrogens is 484 g/mol. The highest BCUT2D eigenvalue weighted by atomic mass is 16.5. The molecule has 1 amide bonds. The molecule has 3 aliphatic rings. The Bertz CT molecular complexity index is 1350. The number of morpholine rings is 1. The van der Waals surface area contributed by atoms with E-state index in [0.29, 0.717) is 36.4 Å². The average Bonchev–Trinajstić information content (AvgIpc) is 3.62. The number of nitrogens with zero attached hydrogens (tertiary/aromatic N) is 5. The lowest BCUT2D eigenvalue weighted by Crippen LogP contribution is -2.61. The van der Waals surface area contributed by atoms with Crippen LogP contribution in [-0.2, 0) is 26.4 Å². The van der Waals surface area contributed by atoms with Crippen molar-refractivity contribution in [2.45, 2.75) is 82.8 Å². The van der Waals surface area contributed by atoms with Crippen LogP contribution in [0.25, 0.3) is 11.0 Å². The predicted octanol–water partition coefficient (Wildman–Crippen LogP) is 3.18. The van der Waals surface area contributed by atoms with Gasteiger partial charge in [-0.2, -0.15) is 0 Å². The summed E-state index contributed by atoms with van der Waals surface area (Å²) >= 11 is 0. The Morgan fingerprint density at radius 3 is 2.74 bits per heavy atom. The van der Waals surface area contributed by atoms with Crippen LogP contribution in [0, 0.1) is 5.41 Å². The van der Waals surface area contributed by atoms with Gasteiger partial charge in [0.15, 0.2) is 5.82 Å². The third-order valence-electron chi connectivity index (χ3n) is 8.21. The zero-order valence-electron chi connectivity index (χ0n) is 22.3. The maximum Gasteiger partial charge on any atom is 0.254 e. The number of aromatic nitrogens is 4. The van der Waals surface area contributed by atoms with E-state index in [1.807, 2.05) is 24.5 Å². The van der Waals surface area contributed by atoms with Crippen molar-refractivity contribution in [2.75, 3.05) is 23.8 Å². The summed E-state index contributed by atoms with van der Waals surface area (Å²) in [6.45, 7) is 6.67. The molecule has 3 atom stereocenters. The van der Waals surface area contributed by atoms with E-state index in [0.717, 1.165) is 43.1 Å². The predicted molar refractivity (Wildman–Crippen MR) is 142 cm³/mol. The van der Waals surface area contributed by atoms with Crippen LogP contribution in [0.5, 0.6) is 0 Å². The number of aliphatic hydroxyl groups is 1. The van der Waals surface area contributed by atoms with Crippen molar-refractivity contribution in [1.82, 2.24) is 19.5 Å². The minimum atomic E-state index is -1.11. The molecule has 1 aromatic carbocycles. The fourth-order valence-electron chi connectivity index (χ4n) is 6.05. The number of amides is 1. The summed E-state index contributed by atoms with van der Waals surface area (Å²) in [6, 6.07) is 5.78. The van der Waals surface area contributed by atoms with Crippen LogP contribution in [0.3, 0.4) is 0 Å². The molecular formula is C28H36N6O4. The number of carbonyl (C=O) groups is 1. The molecule has 10 heteroatoms. The quantitative estimate of drug-likeness (QED) is 0.474. The molecule has 0 radical (unpaired) electrons.